The van der Waals surface area contributed by atoms with Gasteiger partial charge in [-0.3, -0.25) is 9.78 Å². The molecule has 0 aliphatic rings. The molecule has 1 amide bonds. The molecular weight excluding hydrogens is 281 g/mol. The molecule has 0 fully saturated rings. The summed E-state index contributed by atoms with van der Waals surface area (Å²) >= 11 is 0. The average molecular weight is 294 g/mol. The number of benzene rings is 1. The molecule has 3 nitrogen and oxygen atoms in total. The number of nitrogens with two attached hydrogens (primary N) is 1. The lowest BCUT2D eigenvalue weighted by Gasteiger charge is -2.17. The fraction of sp³-hybridized carbons (Fsp3) is 0.200. The molecule has 0 aliphatic heterocycles. The van der Waals surface area contributed by atoms with E-state index in [1.54, 1.807) is 6.92 Å². The first-order chi connectivity index (χ1) is 9.82. The lowest BCUT2D eigenvalue weighted by molar-refractivity contribution is 0.0995. The highest BCUT2D eigenvalue weighted by atomic mass is 19.2. The van der Waals surface area contributed by atoms with Crippen molar-refractivity contribution in [2.45, 2.75) is 19.8 Å². The van der Waals surface area contributed by atoms with Crippen LogP contribution in [0.1, 0.15) is 40.0 Å². The summed E-state index contributed by atoms with van der Waals surface area (Å²) in [5.41, 5.74) is 5.89. The molecule has 6 heteroatoms. The molecule has 1 aromatic heterocycles. The van der Waals surface area contributed by atoms with Crippen LogP contribution in [0.5, 0.6) is 0 Å². The number of amides is 1. The topological polar surface area (TPSA) is 56.0 Å². The van der Waals surface area contributed by atoms with Gasteiger partial charge in [0.05, 0.1) is 0 Å². The Bertz CT molecular complexity index is 716. The zero-order chi connectivity index (χ0) is 15.7. The molecule has 110 valence electrons. The molecule has 1 heterocycles. The number of hydrogen-bond acceptors (Lipinski definition) is 2. The largest absolute Gasteiger partial charge is 0.364 e. The number of rotatable bonds is 3. The van der Waals surface area contributed by atoms with Crippen molar-refractivity contribution in [2.24, 2.45) is 5.73 Å². The Balaban J connectivity index is 2.53. The minimum absolute atomic E-state index is 0.0589. The summed E-state index contributed by atoms with van der Waals surface area (Å²) in [5.74, 6) is -4.62. The second-order valence-corrected chi connectivity index (χ2v) is 4.77. The molecule has 2 rings (SSSR count). The van der Waals surface area contributed by atoms with Gasteiger partial charge < -0.3 is 5.73 Å². The first-order valence-corrected chi connectivity index (χ1v) is 6.22. The summed E-state index contributed by atoms with van der Waals surface area (Å²) < 4.78 is 40.9. The van der Waals surface area contributed by atoms with E-state index in [9.17, 15) is 18.0 Å². The maximum absolute atomic E-state index is 13.8. The number of halogens is 3. The predicted molar refractivity (Wildman–Crippen MR) is 71.3 cm³/mol. The van der Waals surface area contributed by atoms with E-state index in [1.807, 2.05) is 0 Å². The molecule has 1 atom stereocenters. The quantitative estimate of drug-likeness (QED) is 0.884. The zero-order valence-electron chi connectivity index (χ0n) is 11.5. The van der Waals surface area contributed by atoms with Gasteiger partial charge in [0.1, 0.15) is 11.5 Å². The molecule has 0 saturated heterocycles. The molecule has 2 aromatic rings. The predicted octanol–water partition coefficient (Wildman–Crippen LogP) is 3.06. The third-order valence-electron chi connectivity index (χ3n) is 3.38. The van der Waals surface area contributed by atoms with Gasteiger partial charge in [0.2, 0.25) is 0 Å². The van der Waals surface area contributed by atoms with Crippen LogP contribution in [0.15, 0.2) is 24.4 Å². The van der Waals surface area contributed by atoms with Crippen LogP contribution in [-0.2, 0) is 0 Å². The summed E-state index contributed by atoms with van der Waals surface area (Å²) in [4.78, 5) is 14.9. The summed E-state index contributed by atoms with van der Waals surface area (Å²) in [7, 11) is 0. The van der Waals surface area contributed by atoms with Crippen LogP contribution in [0.3, 0.4) is 0 Å². The molecule has 0 radical (unpaired) electrons. The summed E-state index contributed by atoms with van der Waals surface area (Å²) in [5, 5.41) is 0. The van der Waals surface area contributed by atoms with Crippen LogP contribution >= 0.6 is 0 Å². The zero-order valence-corrected chi connectivity index (χ0v) is 11.5. The van der Waals surface area contributed by atoms with Crippen LogP contribution in [0.25, 0.3) is 0 Å². The number of pyridine rings is 1. The molecule has 2 N–H and O–H groups in total. The summed E-state index contributed by atoms with van der Waals surface area (Å²) in [6.45, 7) is 3.20. The van der Waals surface area contributed by atoms with E-state index in [2.05, 4.69) is 4.98 Å². The van der Waals surface area contributed by atoms with Crippen molar-refractivity contribution in [3.63, 3.8) is 0 Å². The molecule has 1 unspecified atom stereocenters. The van der Waals surface area contributed by atoms with Gasteiger partial charge in [0, 0.05) is 17.7 Å². The van der Waals surface area contributed by atoms with Crippen molar-refractivity contribution in [1.29, 1.82) is 0 Å². The SMILES string of the molecule is Cc1cc(C(N)=O)ncc1C(C)c1c(F)ccc(F)c1F. The highest BCUT2D eigenvalue weighted by Crippen LogP contribution is 2.31. The minimum atomic E-state index is -1.22. The van der Waals surface area contributed by atoms with Crippen LogP contribution in [0.2, 0.25) is 0 Å². The Morgan fingerprint density at radius 3 is 2.43 bits per heavy atom. The summed E-state index contributed by atoms with van der Waals surface area (Å²) in [6.07, 6.45) is 1.32. The van der Waals surface area contributed by atoms with E-state index < -0.39 is 29.3 Å². The highest BCUT2D eigenvalue weighted by Gasteiger charge is 2.22. The lowest BCUT2D eigenvalue weighted by Crippen LogP contribution is -2.14. The molecule has 1 aromatic carbocycles. The van der Waals surface area contributed by atoms with Crippen molar-refractivity contribution in [1.82, 2.24) is 4.98 Å². The molecule has 0 spiro atoms. The number of carbonyl (C=O) groups is 1. The normalized spacial score (nSPS) is 12.2. The molecule has 21 heavy (non-hydrogen) atoms. The van der Waals surface area contributed by atoms with E-state index >= 15 is 0 Å². The number of primary amides is 1. The first-order valence-electron chi connectivity index (χ1n) is 6.22. The highest BCUT2D eigenvalue weighted by molar-refractivity contribution is 5.90. The van der Waals surface area contributed by atoms with Crippen LogP contribution in [0, 0.1) is 24.4 Å². The number of aromatic nitrogens is 1. The maximum atomic E-state index is 13.8. The Kier molecular flexibility index (Phi) is 3.97. The fourth-order valence-electron chi connectivity index (χ4n) is 2.25. The first kappa shape index (κ1) is 15.0. The van der Waals surface area contributed by atoms with Gasteiger partial charge in [-0.25, -0.2) is 13.2 Å². The third-order valence-corrected chi connectivity index (χ3v) is 3.38. The van der Waals surface area contributed by atoms with E-state index in [0.717, 1.165) is 12.1 Å². The number of nitrogens with zero attached hydrogens (tertiary/aromatic N) is 1. The summed E-state index contributed by atoms with van der Waals surface area (Å²) in [6, 6.07) is 3.05. The molecule has 0 bridgehead atoms. The van der Waals surface area contributed by atoms with Crippen molar-refractivity contribution in [3.8, 4) is 0 Å². The monoisotopic (exact) mass is 294 g/mol. The Morgan fingerprint density at radius 2 is 1.86 bits per heavy atom. The van der Waals surface area contributed by atoms with Crippen molar-refractivity contribution in [3.05, 3.63) is 64.2 Å². The minimum Gasteiger partial charge on any atom is -0.364 e. The van der Waals surface area contributed by atoms with Gasteiger partial charge in [0.25, 0.3) is 5.91 Å². The van der Waals surface area contributed by atoms with E-state index in [-0.39, 0.29) is 11.3 Å². The number of aryl methyl sites for hydroxylation is 1. The fourth-order valence-corrected chi connectivity index (χ4v) is 2.25. The van der Waals surface area contributed by atoms with Crippen molar-refractivity contribution >= 4 is 5.91 Å². The van der Waals surface area contributed by atoms with E-state index in [4.69, 9.17) is 5.73 Å². The Hall–Kier alpha value is -2.37. The second-order valence-electron chi connectivity index (χ2n) is 4.77. The van der Waals surface area contributed by atoms with Gasteiger partial charge in [-0.05, 0) is 36.2 Å². The van der Waals surface area contributed by atoms with Gasteiger partial charge in [0.15, 0.2) is 11.6 Å². The maximum Gasteiger partial charge on any atom is 0.267 e. The van der Waals surface area contributed by atoms with Gasteiger partial charge >= 0.3 is 0 Å². The van der Waals surface area contributed by atoms with Crippen LogP contribution < -0.4 is 5.73 Å². The van der Waals surface area contributed by atoms with Gasteiger partial charge in [-0.1, -0.05) is 6.92 Å². The third kappa shape index (κ3) is 2.74. The number of carbonyl (C=O) groups excluding carboxylic acids is 1. The van der Waals surface area contributed by atoms with Crippen LogP contribution in [0.4, 0.5) is 13.2 Å². The van der Waals surface area contributed by atoms with Crippen molar-refractivity contribution < 1.29 is 18.0 Å². The Morgan fingerprint density at radius 1 is 1.24 bits per heavy atom. The standard InChI is InChI=1S/C15H13F3N2O/c1-7-5-12(15(19)21)20-6-9(7)8(2)13-10(16)3-4-11(17)14(13)18/h3-6,8H,1-2H3,(H2,19,21). The smallest absolute Gasteiger partial charge is 0.267 e. The van der Waals surface area contributed by atoms with E-state index in [1.165, 1.54) is 19.2 Å². The molecule has 0 saturated carbocycles. The lowest BCUT2D eigenvalue weighted by atomic mass is 9.90. The second kappa shape index (κ2) is 5.55. The van der Waals surface area contributed by atoms with Gasteiger partial charge in [-0.2, -0.15) is 0 Å². The molecule has 0 aliphatic carbocycles. The molecular formula is C15H13F3N2O. The van der Waals surface area contributed by atoms with Crippen LogP contribution in [-0.4, -0.2) is 10.9 Å². The number of hydrogen-bond donors (Lipinski definition) is 1. The Labute approximate surface area is 119 Å². The van der Waals surface area contributed by atoms with Gasteiger partial charge in [-0.15, -0.1) is 0 Å². The van der Waals surface area contributed by atoms with E-state index in [0.29, 0.717) is 11.1 Å². The average Bonchev–Trinajstić information content (AvgIpc) is 2.43. The van der Waals surface area contributed by atoms with Crippen molar-refractivity contribution in [2.75, 3.05) is 0 Å².